The second-order valence-corrected chi connectivity index (χ2v) is 14.2. The van der Waals surface area contributed by atoms with Gasteiger partial charge in [-0.05, 0) is 52.0 Å². The Kier molecular flexibility index (Phi) is 10.1. The van der Waals surface area contributed by atoms with E-state index < -0.39 is 28.2 Å². The Morgan fingerprint density at radius 2 is 1.76 bits per heavy atom. The molecule has 5 atom stereocenters. The molecule has 3 fully saturated rings. The molecule has 1 aromatic carbocycles. The summed E-state index contributed by atoms with van der Waals surface area (Å²) in [5.74, 6) is -1.08. The van der Waals surface area contributed by atoms with Crippen molar-refractivity contribution in [1.82, 2.24) is 14.7 Å². The van der Waals surface area contributed by atoms with Crippen LogP contribution in [0.3, 0.4) is 0 Å². The summed E-state index contributed by atoms with van der Waals surface area (Å²) in [4.78, 5) is 48.6. The van der Waals surface area contributed by atoms with Crippen molar-refractivity contribution in [2.45, 2.75) is 87.4 Å². The number of amides is 3. The standard InChI is InChI=1S/C33H47N3O4S/c1-6-19-34(23-24-15-11-10-12-16-24)29(38)26-25-17-18-33(41-25)27(26)30(39)35(21-13-8-9-14-22-37)28(33)31(40)36(20-7-2)32(3,4)5/h6-7,10-12,15-16,25-28,37H,1-2,8-9,13-14,17-23H2,3-5H3/t25-,26+,27+,28?,33?/m1/s1. The van der Waals surface area contributed by atoms with E-state index >= 15 is 0 Å². The van der Waals surface area contributed by atoms with Gasteiger partial charge >= 0.3 is 0 Å². The lowest BCUT2D eigenvalue weighted by atomic mass is 9.70. The van der Waals surface area contributed by atoms with E-state index in [4.69, 9.17) is 0 Å². The molecule has 3 aliphatic heterocycles. The average Bonchev–Trinajstić information content (AvgIpc) is 3.58. The lowest BCUT2D eigenvalue weighted by molar-refractivity contribution is -0.146. The Morgan fingerprint density at radius 3 is 2.39 bits per heavy atom. The lowest BCUT2D eigenvalue weighted by Gasteiger charge is -2.42. The second-order valence-electron chi connectivity index (χ2n) is 12.6. The number of rotatable bonds is 14. The minimum absolute atomic E-state index is 0.0130. The van der Waals surface area contributed by atoms with Crippen LogP contribution in [0.4, 0.5) is 0 Å². The molecule has 41 heavy (non-hydrogen) atoms. The third-order valence-electron chi connectivity index (χ3n) is 8.89. The number of aliphatic hydroxyl groups excluding tert-OH is 1. The molecule has 0 radical (unpaired) electrons. The third kappa shape index (κ3) is 6.14. The largest absolute Gasteiger partial charge is 0.396 e. The predicted molar refractivity (Wildman–Crippen MR) is 165 cm³/mol. The Balaban J connectivity index is 1.68. The molecule has 224 valence electrons. The number of fused-ring (bicyclic) bond motifs is 1. The van der Waals surface area contributed by atoms with Crippen molar-refractivity contribution in [3.63, 3.8) is 0 Å². The van der Waals surface area contributed by atoms with Gasteiger partial charge in [0, 0.05) is 43.6 Å². The average molecular weight is 582 g/mol. The van der Waals surface area contributed by atoms with E-state index in [1.54, 1.807) is 23.9 Å². The fourth-order valence-corrected chi connectivity index (χ4v) is 9.28. The van der Waals surface area contributed by atoms with Crippen molar-refractivity contribution in [3.8, 4) is 0 Å². The monoisotopic (exact) mass is 581 g/mol. The highest BCUT2D eigenvalue weighted by molar-refractivity contribution is 8.02. The molecule has 1 aromatic rings. The van der Waals surface area contributed by atoms with E-state index in [9.17, 15) is 19.5 Å². The summed E-state index contributed by atoms with van der Waals surface area (Å²) in [7, 11) is 0. The molecule has 2 unspecified atom stereocenters. The van der Waals surface area contributed by atoms with Crippen LogP contribution < -0.4 is 0 Å². The molecule has 3 aliphatic rings. The zero-order chi connectivity index (χ0) is 29.8. The SMILES string of the molecule is C=CCN(Cc1ccccc1)C(=O)[C@@H]1[C@H]2C(=O)N(CCCCCCO)C(C(=O)N(CC=C)C(C)(C)C)C23CC[C@H]1S3. The molecule has 0 aromatic heterocycles. The summed E-state index contributed by atoms with van der Waals surface area (Å²) in [6.45, 7) is 15.7. The van der Waals surface area contributed by atoms with E-state index in [1.807, 2.05) is 65.8 Å². The number of likely N-dealkylation sites (tertiary alicyclic amines) is 1. The number of thioether (sulfide) groups is 1. The van der Waals surface area contributed by atoms with Gasteiger partial charge in [0.15, 0.2) is 0 Å². The van der Waals surface area contributed by atoms with Gasteiger partial charge in [-0.3, -0.25) is 14.4 Å². The van der Waals surface area contributed by atoms with Crippen molar-refractivity contribution in [2.24, 2.45) is 11.8 Å². The third-order valence-corrected chi connectivity index (χ3v) is 10.8. The molecule has 2 bridgehead atoms. The van der Waals surface area contributed by atoms with Crippen LogP contribution in [0.1, 0.15) is 64.9 Å². The zero-order valence-electron chi connectivity index (χ0n) is 25.0. The van der Waals surface area contributed by atoms with E-state index in [2.05, 4.69) is 13.2 Å². The summed E-state index contributed by atoms with van der Waals surface area (Å²) in [6, 6.07) is 9.30. The maximum Gasteiger partial charge on any atom is 0.247 e. The molecule has 0 saturated carbocycles. The van der Waals surface area contributed by atoms with Gasteiger partial charge in [-0.25, -0.2) is 0 Å². The summed E-state index contributed by atoms with van der Waals surface area (Å²) in [6.07, 6.45) is 8.32. The van der Waals surface area contributed by atoms with Gasteiger partial charge in [-0.15, -0.1) is 24.9 Å². The van der Waals surface area contributed by atoms with Crippen LogP contribution in [0.25, 0.3) is 0 Å². The summed E-state index contributed by atoms with van der Waals surface area (Å²) >= 11 is 1.72. The summed E-state index contributed by atoms with van der Waals surface area (Å²) in [5, 5.41) is 9.21. The lowest BCUT2D eigenvalue weighted by Crippen LogP contribution is -2.58. The first-order chi connectivity index (χ1) is 19.6. The van der Waals surface area contributed by atoms with Crippen molar-refractivity contribution in [3.05, 3.63) is 61.2 Å². The van der Waals surface area contributed by atoms with E-state index in [0.717, 1.165) is 44.1 Å². The first-order valence-electron chi connectivity index (χ1n) is 15.1. The number of hydrogen-bond donors (Lipinski definition) is 1. The van der Waals surface area contributed by atoms with Crippen molar-refractivity contribution >= 4 is 29.5 Å². The van der Waals surface area contributed by atoms with E-state index in [0.29, 0.717) is 26.2 Å². The number of hydrogen-bond acceptors (Lipinski definition) is 5. The Morgan fingerprint density at radius 1 is 1.07 bits per heavy atom. The number of carbonyl (C=O) groups is 3. The summed E-state index contributed by atoms with van der Waals surface area (Å²) < 4.78 is -0.610. The molecule has 3 amide bonds. The van der Waals surface area contributed by atoms with Crippen LogP contribution in [-0.4, -0.2) is 85.3 Å². The first-order valence-corrected chi connectivity index (χ1v) is 15.9. The van der Waals surface area contributed by atoms with Gasteiger partial charge in [-0.1, -0.05) is 55.3 Å². The number of unbranched alkanes of at least 4 members (excludes halogenated alkanes) is 3. The molecule has 3 heterocycles. The molecule has 3 saturated heterocycles. The minimum Gasteiger partial charge on any atom is -0.396 e. The van der Waals surface area contributed by atoms with Crippen molar-refractivity contribution in [2.75, 3.05) is 26.2 Å². The second kappa shape index (κ2) is 13.2. The van der Waals surface area contributed by atoms with Crippen LogP contribution in [0, 0.1) is 11.8 Å². The van der Waals surface area contributed by atoms with E-state index in [1.165, 1.54) is 0 Å². The normalized spacial score (nSPS) is 26.6. The quantitative estimate of drug-likeness (QED) is 0.255. The number of carbonyl (C=O) groups excluding carboxylic acids is 3. The Labute approximate surface area is 250 Å². The topological polar surface area (TPSA) is 81.2 Å². The van der Waals surface area contributed by atoms with Crippen LogP contribution in [0.2, 0.25) is 0 Å². The number of aliphatic hydroxyl groups is 1. The molecule has 1 N–H and O–H groups in total. The van der Waals surface area contributed by atoms with Gasteiger partial charge in [0.25, 0.3) is 0 Å². The molecule has 7 nitrogen and oxygen atoms in total. The Bertz CT molecular complexity index is 1120. The zero-order valence-corrected chi connectivity index (χ0v) is 25.8. The van der Waals surface area contributed by atoms with Gasteiger partial charge in [0.05, 0.1) is 16.6 Å². The molecule has 8 heteroatoms. The first kappa shape index (κ1) is 31.4. The van der Waals surface area contributed by atoms with Crippen LogP contribution in [-0.2, 0) is 20.9 Å². The summed E-state index contributed by atoms with van der Waals surface area (Å²) in [5.41, 5.74) is 0.594. The highest BCUT2D eigenvalue weighted by Crippen LogP contribution is 2.66. The molecular formula is C33H47N3O4S. The maximum atomic E-state index is 14.5. The molecule has 4 rings (SSSR count). The Hall–Kier alpha value is -2.58. The van der Waals surface area contributed by atoms with Crippen LogP contribution >= 0.6 is 11.8 Å². The molecular weight excluding hydrogens is 534 g/mol. The molecule has 0 aliphatic carbocycles. The minimum atomic E-state index is -0.610. The van der Waals surface area contributed by atoms with Gasteiger partial charge in [-0.2, -0.15) is 0 Å². The highest BCUT2D eigenvalue weighted by atomic mass is 32.2. The molecule has 1 spiro atoms. The maximum absolute atomic E-state index is 14.5. The van der Waals surface area contributed by atoms with Crippen LogP contribution in [0.5, 0.6) is 0 Å². The van der Waals surface area contributed by atoms with Crippen molar-refractivity contribution < 1.29 is 19.5 Å². The predicted octanol–water partition coefficient (Wildman–Crippen LogP) is 4.66. The fourth-order valence-electron chi connectivity index (χ4n) is 7.08. The van der Waals surface area contributed by atoms with E-state index in [-0.39, 0.29) is 29.6 Å². The van der Waals surface area contributed by atoms with Gasteiger partial charge in [0.1, 0.15) is 6.04 Å². The number of nitrogens with zero attached hydrogens (tertiary/aromatic N) is 3. The highest BCUT2D eigenvalue weighted by Gasteiger charge is 2.74. The van der Waals surface area contributed by atoms with Gasteiger partial charge < -0.3 is 19.8 Å². The smallest absolute Gasteiger partial charge is 0.247 e. The number of benzene rings is 1. The van der Waals surface area contributed by atoms with Gasteiger partial charge in [0.2, 0.25) is 17.7 Å². The van der Waals surface area contributed by atoms with Crippen LogP contribution in [0.15, 0.2) is 55.6 Å². The van der Waals surface area contributed by atoms with Crippen molar-refractivity contribution in [1.29, 1.82) is 0 Å². The fraction of sp³-hybridized carbons (Fsp3) is 0.606.